The van der Waals surface area contributed by atoms with E-state index >= 15 is 0 Å². The van der Waals surface area contributed by atoms with Gasteiger partial charge in [0, 0.05) is 5.75 Å². The van der Waals surface area contributed by atoms with Crippen LogP contribution in [0.5, 0.6) is 0 Å². The zero-order chi connectivity index (χ0) is 21.9. The van der Waals surface area contributed by atoms with Crippen molar-refractivity contribution in [2.75, 3.05) is 17.8 Å². The van der Waals surface area contributed by atoms with Crippen molar-refractivity contribution in [3.05, 3.63) is 0 Å². The number of thioether (sulfide) groups is 1. The maximum absolute atomic E-state index is 12.4. The lowest BCUT2D eigenvalue weighted by Crippen LogP contribution is -2.57. The summed E-state index contributed by atoms with van der Waals surface area (Å²) in [5, 5.41) is 16.0. The molecule has 0 radical (unpaired) electrons. The number of carboxylic acid groups (broad SMARTS) is 1. The largest absolute Gasteiger partial charge is 0.480 e. The van der Waals surface area contributed by atoms with Crippen LogP contribution in [0.4, 0.5) is 0 Å². The monoisotopic (exact) mass is 437 g/mol. The average molecular weight is 438 g/mol. The van der Waals surface area contributed by atoms with Crippen LogP contribution in [-0.4, -0.2) is 76.6 Å². The molecule has 8 N–H and O–H groups in total. The van der Waals surface area contributed by atoms with Crippen LogP contribution in [-0.2, 0) is 24.0 Å². The van der Waals surface area contributed by atoms with Gasteiger partial charge in [-0.05, 0) is 25.4 Å². The van der Waals surface area contributed by atoms with Crippen molar-refractivity contribution < 1.29 is 29.1 Å². The van der Waals surface area contributed by atoms with E-state index in [1.807, 2.05) is 6.26 Å². The summed E-state index contributed by atoms with van der Waals surface area (Å²) in [5.74, 6) is -3.67. The van der Waals surface area contributed by atoms with E-state index in [4.69, 9.17) is 16.6 Å². The molecular formula is C15H27N5O6S2. The fraction of sp³-hybridized carbons (Fsp3) is 0.667. The van der Waals surface area contributed by atoms with Gasteiger partial charge in [-0.15, -0.1) is 0 Å². The van der Waals surface area contributed by atoms with Crippen LogP contribution >= 0.6 is 24.4 Å². The number of nitrogens with one attached hydrogen (secondary N) is 3. The van der Waals surface area contributed by atoms with Crippen LogP contribution in [0, 0.1) is 0 Å². The normalized spacial score (nSPS) is 14.9. The van der Waals surface area contributed by atoms with Crippen LogP contribution < -0.4 is 27.4 Å². The second kappa shape index (κ2) is 13.2. The van der Waals surface area contributed by atoms with Gasteiger partial charge >= 0.3 is 5.97 Å². The molecule has 0 saturated carbocycles. The highest BCUT2D eigenvalue weighted by atomic mass is 32.2. The predicted molar refractivity (Wildman–Crippen MR) is 108 cm³/mol. The first kappa shape index (κ1) is 26.0. The molecule has 13 heteroatoms. The smallest absolute Gasteiger partial charge is 0.325 e. The van der Waals surface area contributed by atoms with Gasteiger partial charge in [0.15, 0.2) is 0 Å². The Labute approximate surface area is 172 Å². The molecule has 0 aromatic carbocycles. The van der Waals surface area contributed by atoms with Crippen molar-refractivity contribution in [1.82, 2.24) is 16.0 Å². The zero-order valence-electron chi connectivity index (χ0n) is 15.6. The van der Waals surface area contributed by atoms with Crippen molar-refractivity contribution in [3.8, 4) is 0 Å². The minimum absolute atomic E-state index is 0.0940. The van der Waals surface area contributed by atoms with Gasteiger partial charge in [0.05, 0.1) is 12.5 Å². The summed E-state index contributed by atoms with van der Waals surface area (Å²) < 4.78 is 0. The van der Waals surface area contributed by atoms with Crippen molar-refractivity contribution >= 4 is 54.0 Å². The molecule has 0 rings (SSSR count). The first-order chi connectivity index (χ1) is 13.0. The van der Waals surface area contributed by atoms with Gasteiger partial charge in [0.2, 0.25) is 23.6 Å². The lowest BCUT2D eigenvalue weighted by atomic mass is 10.1. The SMILES string of the molecule is CSCCC(NC(=O)C(CS)NC(=O)C(N)CC(N)=O)C(=O)NC(C)C(=O)O. The van der Waals surface area contributed by atoms with Crippen LogP contribution in [0.2, 0.25) is 0 Å². The maximum atomic E-state index is 12.4. The number of hydrogen-bond donors (Lipinski definition) is 7. The molecule has 0 bridgehead atoms. The molecule has 0 spiro atoms. The van der Waals surface area contributed by atoms with Crippen molar-refractivity contribution in [3.63, 3.8) is 0 Å². The fourth-order valence-corrected chi connectivity index (χ4v) is 2.66. The zero-order valence-corrected chi connectivity index (χ0v) is 17.3. The summed E-state index contributed by atoms with van der Waals surface area (Å²) in [4.78, 5) is 58.4. The van der Waals surface area contributed by atoms with E-state index in [2.05, 4.69) is 28.6 Å². The second-order valence-corrected chi connectivity index (χ2v) is 7.28. The molecule has 0 saturated heterocycles. The lowest BCUT2D eigenvalue weighted by Gasteiger charge is -2.23. The third kappa shape index (κ3) is 9.80. The van der Waals surface area contributed by atoms with Crippen LogP contribution in [0.3, 0.4) is 0 Å². The number of carbonyl (C=O) groups is 5. The standard InChI is InChI=1S/C15H27N5O6S2/c1-7(15(25)26)18-13(23)9(3-4-28-2)19-14(24)10(6-27)20-12(22)8(16)5-11(17)21/h7-10,27H,3-6,16H2,1-2H3,(H2,17,21)(H,18,23)(H,19,24)(H,20,22)(H,25,26). The molecule has 11 nitrogen and oxygen atoms in total. The van der Waals surface area contributed by atoms with E-state index in [1.165, 1.54) is 18.7 Å². The molecule has 0 heterocycles. The highest BCUT2D eigenvalue weighted by Gasteiger charge is 2.28. The van der Waals surface area contributed by atoms with E-state index < -0.39 is 60.2 Å². The topological polar surface area (TPSA) is 194 Å². The van der Waals surface area contributed by atoms with Gasteiger partial charge in [-0.1, -0.05) is 0 Å². The number of aliphatic carboxylic acids is 1. The van der Waals surface area contributed by atoms with E-state index in [9.17, 15) is 24.0 Å². The Kier molecular flexibility index (Phi) is 12.3. The minimum atomic E-state index is -1.22. The molecule has 28 heavy (non-hydrogen) atoms. The number of carboxylic acids is 1. The molecule has 160 valence electrons. The Morgan fingerprint density at radius 2 is 1.57 bits per heavy atom. The van der Waals surface area contributed by atoms with Crippen molar-refractivity contribution in [1.29, 1.82) is 0 Å². The molecular weight excluding hydrogens is 410 g/mol. The molecule has 4 atom stereocenters. The number of hydrogen-bond acceptors (Lipinski definition) is 8. The summed E-state index contributed by atoms with van der Waals surface area (Å²) >= 11 is 5.45. The predicted octanol–water partition coefficient (Wildman–Crippen LogP) is -2.57. The Hall–Kier alpha value is -1.99. The van der Waals surface area contributed by atoms with Crippen LogP contribution in [0.25, 0.3) is 0 Å². The van der Waals surface area contributed by atoms with Gasteiger partial charge in [-0.25, -0.2) is 0 Å². The Morgan fingerprint density at radius 3 is 2.04 bits per heavy atom. The number of thiol groups is 1. The Balaban J connectivity index is 5.04. The summed E-state index contributed by atoms with van der Waals surface area (Å²) in [6, 6.07) is -4.47. The van der Waals surface area contributed by atoms with E-state index in [1.54, 1.807) is 0 Å². The molecule has 0 aromatic heterocycles. The first-order valence-electron chi connectivity index (χ1n) is 8.31. The maximum Gasteiger partial charge on any atom is 0.325 e. The quantitative estimate of drug-likeness (QED) is 0.153. The number of carbonyl (C=O) groups excluding carboxylic acids is 4. The Morgan fingerprint density at radius 1 is 1.04 bits per heavy atom. The van der Waals surface area contributed by atoms with Gasteiger partial charge in [0.25, 0.3) is 0 Å². The van der Waals surface area contributed by atoms with Crippen molar-refractivity contribution in [2.24, 2.45) is 11.5 Å². The molecule has 4 amide bonds. The van der Waals surface area contributed by atoms with Gasteiger partial charge in [-0.3, -0.25) is 24.0 Å². The Bertz CT molecular complexity index is 591. The minimum Gasteiger partial charge on any atom is -0.480 e. The lowest BCUT2D eigenvalue weighted by molar-refractivity contribution is -0.141. The van der Waals surface area contributed by atoms with Crippen molar-refractivity contribution in [2.45, 2.75) is 43.9 Å². The highest BCUT2D eigenvalue weighted by molar-refractivity contribution is 7.98. The van der Waals surface area contributed by atoms with Gasteiger partial charge in [0.1, 0.15) is 18.1 Å². The summed E-state index contributed by atoms with van der Waals surface area (Å²) in [7, 11) is 0. The molecule has 0 aliphatic carbocycles. The van der Waals surface area contributed by atoms with Gasteiger partial charge < -0.3 is 32.5 Å². The van der Waals surface area contributed by atoms with E-state index in [0.29, 0.717) is 5.75 Å². The number of primary amides is 1. The number of amides is 4. The molecule has 4 unspecified atom stereocenters. The van der Waals surface area contributed by atoms with E-state index in [0.717, 1.165) is 0 Å². The van der Waals surface area contributed by atoms with Gasteiger partial charge in [-0.2, -0.15) is 24.4 Å². The third-order valence-electron chi connectivity index (χ3n) is 3.55. The fourth-order valence-electron chi connectivity index (χ4n) is 1.93. The van der Waals surface area contributed by atoms with Crippen LogP contribution in [0.1, 0.15) is 19.8 Å². The number of rotatable bonds is 13. The average Bonchev–Trinajstić information content (AvgIpc) is 2.61. The first-order valence-corrected chi connectivity index (χ1v) is 10.3. The number of nitrogens with two attached hydrogens (primary N) is 2. The second-order valence-electron chi connectivity index (χ2n) is 5.93. The molecule has 0 aliphatic rings. The van der Waals surface area contributed by atoms with Crippen LogP contribution in [0.15, 0.2) is 0 Å². The molecule has 0 aliphatic heterocycles. The summed E-state index contributed by atoms with van der Waals surface area (Å²) in [6.45, 7) is 1.30. The third-order valence-corrected chi connectivity index (χ3v) is 4.56. The molecule has 0 aromatic rings. The summed E-state index contributed by atoms with van der Waals surface area (Å²) in [6.07, 6.45) is 1.67. The molecule has 0 fully saturated rings. The van der Waals surface area contributed by atoms with E-state index in [-0.39, 0.29) is 12.2 Å². The summed E-state index contributed by atoms with van der Waals surface area (Å²) in [5.41, 5.74) is 10.5. The highest BCUT2D eigenvalue weighted by Crippen LogP contribution is 2.03.